The first-order chi connectivity index (χ1) is 13.0. The van der Waals surface area contributed by atoms with Crippen molar-refractivity contribution < 1.29 is 14.4 Å². The summed E-state index contributed by atoms with van der Waals surface area (Å²) in [4.78, 5) is 44.1. The predicted octanol–water partition coefficient (Wildman–Crippen LogP) is 1.82. The zero-order chi connectivity index (χ0) is 19.6. The molecule has 0 aromatic rings. The molecule has 3 rings (SSSR count). The van der Waals surface area contributed by atoms with Gasteiger partial charge in [-0.05, 0) is 45.1 Å². The van der Waals surface area contributed by atoms with Gasteiger partial charge in [0.05, 0.1) is 0 Å². The largest absolute Gasteiger partial charge is 0.342 e. The molecule has 0 aliphatic carbocycles. The third kappa shape index (κ3) is 3.71. The maximum atomic E-state index is 13.1. The molecular weight excluding hydrogens is 344 g/mol. The van der Waals surface area contributed by atoms with E-state index in [1.807, 2.05) is 4.90 Å². The Bertz CT molecular complexity index is 574. The van der Waals surface area contributed by atoms with Crippen LogP contribution in [0.1, 0.15) is 59.3 Å². The van der Waals surface area contributed by atoms with Crippen molar-refractivity contribution in [2.24, 2.45) is 5.92 Å². The molecule has 27 heavy (non-hydrogen) atoms. The third-order valence-corrected chi connectivity index (χ3v) is 6.83. The highest BCUT2D eigenvalue weighted by atomic mass is 16.2. The summed E-state index contributed by atoms with van der Waals surface area (Å²) in [6.45, 7) is 10.2. The molecule has 1 N–H and O–H groups in total. The molecule has 3 aliphatic heterocycles. The van der Waals surface area contributed by atoms with Gasteiger partial charge in [-0.15, -0.1) is 0 Å². The average Bonchev–Trinajstić information content (AvgIpc) is 2.93. The number of carbonyl (C=O) groups is 3. The third-order valence-electron chi connectivity index (χ3n) is 6.83. The number of piperidine rings is 2. The van der Waals surface area contributed by atoms with Gasteiger partial charge in [0.15, 0.2) is 0 Å². The van der Waals surface area contributed by atoms with Gasteiger partial charge in [-0.1, -0.05) is 20.8 Å². The number of hydrogen-bond donors (Lipinski definition) is 1. The van der Waals surface area contributed by atoms with E-state index in [-0.39, 0.29) is 29.8 Å². The summed E-state index contributed by atoms with van der Waals surface area (Å²) < 4.78 is 0. The summed E-state index contributed by atoms with van der Waals surface area (Å²) >= 11 is 0. The maximum Gasteiger partial charge on any atom is 0.325 e. The molecule has 0 saturated carbocycles. The van der Waals surface area contributed by atoms with Crippen molar-refractivity contribution in [2.45, 2.75) is 70.9 Å². The maximum absolute atomic E-state index is 13.1. The highest BCUT2D eigenvalue weighted by Gasteiger charge is 2.54. The van der Waals surface area contributed by atoms with Crippen LogP contribution in [0.2, 0.25) is 0 Å². The van der Waals surface area contributed by atoms with E-state index in [1.54, 1.807) is 0 Å². The topological polar surface area (TPSA) is 73.0 Å². The van der Waals surface area contributed by atoms with Crippen LogP contribution < -0.4 is 5.32 Å². The smallest absolute Gasteiger partial charge is 0.325 e. The van der Waals surface area contributed by atoms with Crippen LogP contribution in [0.4, 0.5) is 4.79 Å². The van der Waals surface area contributed by atoms with Gasteiger partial charge in [-0.3, -0.25) is 14.5 Å². The monoisotopic (exact) mass is 378 g/mol. The molecule has 3 aliphatic rings. The molecule has 0 bridgehead atoms. The quantitative estimate of drug-likeness (QED) is 0.741. The number of imide groups is 1. The SMILES string of the molecule is CCC(CC)C(=O)N1CCC(N2C(=O)NC3(CCN(CC)CC3)C2=O)CC1. The molecule has 3 heterocycles. The number of nitrogens with one attached hydrogen (secondary N) is 1. The van der Waals surface area contributed by atoms with Crippen LogP contribution >= 0.6 is 0 Å². The second-order valence-electron chi connectivity index (χ2n) is 8.19. The molecule has 4 amide bonds. The van der Waals surface area contributed by atoms with Gasteiger partial charge in [0.25, 0.3) is 5.91 Å². The van der Waals surface area contributed by atoms with E-state index in [0.29, 0.717) is 38.8 Å². The van der Waals surface area contributed by atoms with E-state index in [2.05, 4.69) is 31.0 Å². The van der Waals surface area contributed by atoms with Crippen LogP contribution in [0.3, 0.4) is 0 Å². The number of urea groups is 1. The number of rotatable bonds is 5. The zero-order valence-electron chi connectivity index (χ0n) is 17.0. The Hall–Kier alpha value is -1.63. The Morgan fingerprint density at radius 2 is 1.67 bits per heavy atom. The molecule has 1 spiro atoms. The van der Waals surface area contributed by atoms with Gasteiger partial charge in [0, 0.05) is 38.1 Å². The molecule has 0 radical (unpaired) electrons. The Morgan fingerprint density at radius 3 is 2.19 bits per heavy atom. The summed E-state index contributed by atoms with van der Waals surface area (Å²) in [6.07, 6.45) is 4.46. The van der Waals surface area contributed by atoms with E-state index < -0.39 is 5.54 Å². The summed E-state index contributed by atoms with van der Waals surface area (Å²) in [5.41, 5.74) is -0.703. The lowest BCUT2D eigenvalue weighted by molar-refractivity contribution is -0.138. The van der Waals surface area contributed by atoms with Crippen LogP contribution in [0.25, 0.3) is 0 Å². The van der Waals surface area contributed by atoms with E-state index in [0.717, 1.165) is 32.5 Å². The first-order valence-electron chi connectivity index (χ1n) is 10.6. The number of hydrogen-bond acceptors (Lipinski definition) is 4. The molecule has 3 fully saturated rings. The Balaban J connectivity index is 1.61. The highest BCUT2D eigenvalue weighted by molar-refractivity contribution is 6.07. The van der Waals surface area contributed by atoms with Crippen molar-refractivity contribution >= 4 is 17.8 Å². The average molecular weight is 379 g/mol. The Labute approximate surface area is 162 Å². The fraction of sp³-hybridized carbons (Fsp3) is 0.850. The van der Waals surface area contributed by atoms with Crippen LogP contribution in [0.5, 0.6) is 0 Å². The fourth-order valence-corrected chi connectivity index (χ4v) is 4.80. The molecule has 152 valence electrons. The van der Waals surface area contributed by atoms with E-state index in [9.17, 15) is 14.4 Å². The van der Waals surface area contributed by atoms with Gasteiger partial charge >= 0.3 is 6.03 Å². The second-order valence-corrected chi connectivity index (χ2v) is 8.19. The number of likely N-dealkylation sites (tertiary alicyclic amines) is 2. The summed E-state index contributed by atoms with van der Waals surface area (Å²) in [7, 11) is 0. The number of nitrogens with zero attached hydrogens (tertiary/aromatic N) is 3. The van der Waals surface area contributed by atoms with Crippen molar-refractivity contribution in [3.63, 3.8) is 0 Å². The first-order valence-corrected chi connectivity index (χ1v) is 10.6. The molecule has 7 heteroatoms. The molecule has 0 atom stereocenters. The lowest BCUT2D eigenvalue weighted by Gasteiger charge is -2.39. The highest BCUT2D eigenvalue weighted by Crippen LogP contribution is 2.32. The molecular formula is C20H34N4O3. The Kier molecular flexibility index (Phi) is 6.08. The minimum absolute atomic E-state index is 0.0481. The minimum Gasteiger partial charge on any atom is -0.342 e. The van der Waals surface area contributed by atoms with Crippen molar-refractivity contribution in [3.8, 4) is 0 Å². The van der Waals surface area contributed by atoms with E-state index in [1.165, 1.54) is 4.90 Å². The van der Waals surface area contributed by atoms with Crippen LogP contribution in [0.15, 0.2) is 0 Å². The van der Waals surface area contributed by atoms with Crippen molar-refractivity contribution in [1.82, 2.24) is 20.0 Å². The van der Waals surface area contributed by atoms with Crippen molar-refractivity contribution in [2.75, 3.05) is 32.7 Å². The lowest BCUT2D eigenvalue weighted by Crippen LogP contribution is -2.55. The van der Waals surface area contributed by atoms with E-state index >= 15 is 0 Å². The summed E-state index contributed by atoms with van der Waals surface area (Å²) in [6, 6.07) is -0.332. The first kappa shape index (κ1) is 20.1. The van der Waals surface area contributed by atoms with Crippen LogP contribution in [0, 0.1) is 5.92 Å². The Morgan fingerprint density at radius 1 is 1.07 bits per heavy atom. The normalized spacial score (nSPS) is 24.1. The van der Waals surface area contributed by atoms with Crippen LogP contribution in [-0.2, 0) is 9.59 Å². The van der Waals surface area contributed by atoms with E-state index in [4.69, 9.17) is 0 Å². The van der Waals surface area contributed by atoms with Gasteiger partial charge in [-0.25, -0.2) is 4.79 Å². The number of amides is 4. The summed E-state index contributed by atoms with van der Waals surface area (Å²) in [5.74, 6) is 0.261. The zero-order valence-corrected chi connectivity index (χ0v) is 17.0. The molecule has 0 aromatic carbocycles. The van der Waals surface area contributed by atoms with Crippen LogP contribution in [-0.4, -0.2) is 76.8 Å². The molecule has 7 nitrogen and oxygen atoms in total. The van der Waals surface area contributed by atoms with Crippen molar-refractivity contribution in [1.29, 1.82) is 0 Å². The standard InChI is InChI=1S/C20H34N4O3/c1-4-15(5-2)17(25)23-11-7-16(8-12-23)24-18(26)20(21-19(24)27)9-13-22(6-3)14-10-20/h15-16H,4-14H2,1-3H3,(H,21,27). The van der Waals surface area contributed by atoms with Gasteiger partial charge in [-0.2, -0.15) is 0 Å². The molecule has 3 saturated heterocycles. The lowest BCUT2D eigenvalue weighted by atomic mass is 9.87. The predicted molar refractivity (Wildman–Crippen MR) is 103 cm³/mol. The fourth-order valence-electron chi connectivity index (χ4n) is 4.80. The van der Waals surface area contributed by atoms with Gasteiger partial charge < -0.3 is 15.1 Å². The van der Waals surface area contributed by atoms with Gasteiger partial charge in [0.1, 0.15) is 5.54 Å². The van der Waals surface area contributed by atoms with Gasteiger partial charge in [0.2, 0.25) is 5.91 Å². The molecule has 0 unspecified atom stereocenters. The summed E-state index contributed by atoms with van der Waals surface area (Å²) in [5, 5.41) is 3.01. The minimum atomic E-state index is -0.703. The molecule has 0 aromatic heterocycles. The van der Waals surface area contributed by atoms with Crippen molar-refractivity contribution in [3.05, 3.63) is 0 Å². The second kappa shape index (κ2) is 8.17. The number of carbonyl (C=O) groups excluding carboxylic acids is 3.